The lowest BCUT2D eigenvalue weighted by Gasteiger charge is -2.11. The zero-order valence-corrected chi connectivity index (χ0v) is 41.6. The van der Waals surface area contributed by atoms with Gasteiger partial charge in [0.15, 0.2) is 0 Å². The second kappa shape index (κ2) is 28.0. The number of aliphatic hydroxyl groups excluding tert-OH is 1. The highest BCUT2D eigenvalue weighted by molar-refractivity contribution is 7.79. The van der Waals surface area contributed by atoms with Gasteiger partial charge < -0.3 is 14.9 Å². The summed E-state index contributed by atoms with van der Waals surface area (Å²) in [4.78, 5) is 85.4. The van der Waals surface area contributed by atoms with Gasteiger partial charge in [0.25, 0.3) is 0 Å². The normalized spacial score (nSPS) is 10.2. The van der Waals surface area contributed by atoms with Crippen molar-refractivity contribution in [3.8, 4) is 45.6 Å². The lowest BCUT2D eigenvalue weighted by molar-refractivity contribution is -0.193. The predicted molar refractivity (Wildman–Crippen MR) is 281 cm³/mol. The number of ether oxygens (including phenoxy) is 1. The molecule has 0 saturated heterocycles. The first-order valence-electron chi connectivity index (χ1n) is 22.8. The summed E-state index contributed by atoms with van der Waals surface area (Å²) >= 11 is 0. The van der Waals surface area contributed by atoms with E-state index in [-0.39, 0.29) is 30.4 Å². The van der Waals surface area contributed by atoms with Crippen molar-refractivity contribution < 1.29 is 61.2 Å². The molecule has 0 unspecified atom stereocenters. The SMILES string of the molecule is CCO.CCOC(=O)c1cc(-c2cccc(-c3cc(CC)c4ccccc4n3)n2)nc2ccccc12.O=C(O)c1cc(-c2cccc(-c3ccc4ccccc4n3)n2)nc2ccccc12.O=C=O.O=C=O.O=S(=O)(O)O. The van der Waals surface area contributed by atoms with E-state index >= 15 is 0 Å². The van der Waals surface area contributed by atoms with Crippen LogP contribution >= 0.6 is 0 Å². The summed E-state index contributed by atoms with van der Waals surface area (Å²) in [7, 11) is -4.67. The summed E-state index contributed by atoms with van der Waals surface area (Å²) in [5.74, 6) is -1.35. The molecular formula is C56H46N6O13S. The maximum absolute atomic E-state index is 12.6. The Morgan fingerprint density at radius 2 is 0.829 bits per heavy atom. The molecule has 0 spiro atoms. The molecule has 0 aliphatic rings. The molecule has 0 amide bonds. The summed E-state index contributed by atoms with van der Waals surface area (Å²) in [6, 6.07) is 51.6. The number of benzene rings is 4. The number of aromatic nitrogens is 6. The minimum atomic E-state index is -4.67. The Labute approximate surface area is 434 Å². The standard InChI is InChI=1S/C28H23N3O2.C24H15N3O2.C2H6O.2CO2.H2O4S/c1-3-18-16-26(29-22-12-7-5-10-19(18)22)24-14-9-15-25(31-24)27-17-21(28(32)33-4-2)20-11-6-8-13-23(20)30-27;28-24(29)17-14-23(26-19-9-4-2-7-16(17)19)21-11-5-10-20(27-21)22-13-12-15-6-1-3-8-18(15)25-22;1-2-3;2*2-1-3;1-5(2,3)4/h5-17H,3-4H2,1-2H3;1-14H,(H,28,29);3H,2H2,1H3;;;(H2,1,2,3,4). The molecule has 76 heavy (non-hydrogen) atoms. The molecule has 10 rings (SSSR count). The van der Waals surface area contributed by atoms with Crippen LogP contribution in [0.3, 0.4) is 0 Å². The predicted octanol–water partition coefficient (Wildman–Crippen LogP) is 9.64. The molecule has 4 N–H and O–H groups in total. The molecule has 6 heterocycles. The van der Waals surface area contributed by atoms with E-state index in [1.165, 1.54) is 5.56 Å². The molecule has 0 bridgehead atoms. The molecule has 10 aromatic rings. The molecule has 0 aliphatic heterocycles. The first-order valence-corrected chi connectivity index (χ1v) is 24.2. The van der Waals surface area contributed by atoms with Crippen LogP contribution in [0.5, 0.6) is 0 Å². The van der Waals surface area contributed by atoms with Crippen molar-refractivity contribution in [2.75, 3.05) is 13.2 Å². The number of carboxylic acids is 1. The van der Waals surface area contributed by atoms with Crippen molar-refractivity contribution in [3.63, 3.8) is 0 Å². The van der Waals surface area contributed by atoms with Crippen molar-refractivity contribution in [1.82, 2.24) is 29.9 Å². The Morgan fingerprint density at radius 3 is 1.29 bits per heavy atom. The number of carbonyl (C=O) groups excluding carboxylic acids is 5. The van der Waals surface area contributed by atoms with Crippen LogP contribution in [-0.2, 0) is 40.7 Å². The summed E-state index contributed by atoms with van der Waals surface area (Å²) in [6.45, 7) is 6.19. The number of aromatic carboxylic acids is 1. The van der Waals surface area contributed by atoms with Gasteiger partial charge in [0, 0.05) is 28.2 Å². The van der Waals surface area contributed by atoms with E-state index in [9.17, 15) is 14.7 Å². The van der Waals surface area contributed by atoms with Gasteiger partial charge in [-0.15, -0.1) is 0 Å². The van der Waals surface area contributed by atoms with Crippen LogP contribution in [0.25, 0.3) is 89.2 Å². The second-order valence-corrected chi connectivity index (χ2v) is 16.2. The number of rotatable bonds is 8. The van der Waals surface area contributed by atoms with Gasteiger partial charge in [0.2, 0.25) is 0 Å². The lowest BCUT2D eigenvalue weighted by atomic mass is 10.0. The van der Waals surface area contributed by atoms with Crippen LogP contribution in [0.2, 0.25) is 0 Å². The van der Waals surface area contributed by atoms with Gasteiger partial charge in [0.1, 0.15) is 0 Å². The summed E-state index contributed by atoms with van der Waals surface area (Å²) in [5.41, 5.74) is 10.6. The van der Waals surface area contributed by atoms with Crippen molar-refractivity contribution in [2.24, 2.45) is 0 Å². The van der Waals surface area contributed by atoms with E-state index in [0.29, 0.717) is 51.5 Å². The largest absolute Gasteiger partial charge is 0.478 e. The van der Waals surface area contributed by atoms with Crippen molar-refractivity contribution >= 4 is 78.3 Å². The van der Waals surface area contributed by atoms with Crippen LogP contribution in [0, 0.1) is 0 Å². The number of fused-ring (bicyclic) bond motifs is 4. The fraction of sp³-hybridized carbons (Fsp3) is 0.107. The van der Waals surface area contributed by atoms with Gasteiger partial charge >= 0.3 is 34.6 Å². The van der Waals surface area contributed by atoms with Gasteiger partial charge in [0.05, 0.1) is 85.4 Å². The number of aryl methyl sites for hydroxylation is 1. The number of nitrogens with zero attached hydrogens (tertiary/aromatic N) is 6. The Bertz CT molecular complexity index is 3830. The number of aliphatic hydroxyl groups is 1. The molecule has 0 saturated carbocycles. The van der Waals surface area contributed by atoms with Gasteiger partial charge in [-0.1, -0.05) is 97.9 Å². The van der Waals surface area contributed by atoms with E-state index < -0.39 is 16.4 Å². The third-order valence-corrected chi connectivity index (χ3v) is 10.5. The topological polar surface area (TPSA) is 304 Å². The van der Waals surface area contributed by atoms with Gasteiger partial charge in [-0.3, -0.25) is 9.11 Å². The molecule has 384 valence electrons. The van der Waals surface area contributed by atoms with Gasteiger partial charge in [-0.2, -0.15) is 27.6 Å². The highest BCUT2D eigenvalue weighted by Gasteiger charge is 2.17. The Balaban J connectivity index is 0.000000227. The highest BCUT2D eigenvalue weighted by Crippen LogP contribution is 2.30. The third kappa shape index (κ3) is 15.7. The van der Waals surface area contributed by atoms with Gasteiger partial charge in [-0.25, -0.2) is 39.5 Å². The molecule has 0 aliphatic carbocycles. The minimum Gasteiger partial charge on any atom is -0.478 e. The highest BCUT2D eigenvalue weighted by atomic mass is 32.3. The monoisotopic (exact) mass is 1040 g/mol. The third-order valence-electron chi connectivity index (χ3n) is 10.5. The Kier molecular flexibility index (Phi) is 21.1. The number of carbonyl (C=O) groups is 2. The number of hydrogen-bond acceptors (Lipinski definition) is 16. The van der Waals surface area contributed by atoms with E-state index in [1.807, 2.05) is 121 Å². The maximum atomic E-state index is 12.6. The molecule has 0 atom stereocenters. The smallest absolute Gasteiger partial charge is 0.394 e. The fourth-order valence-corrected chi connectivity index (χ4v) is 7.49. The molecular weight excluding hydrogens is 997 g/mol. The van der Waals surface area contributed by atoms with E-state index in [0.717, 1.165) is 56.2 Å². The van der Waals surface area contributed by atoms with Crippen LogP contribution in [0.15, 0.2) is 164 Å². The van der Waals surface area contributed by atoms with Crippen LogP contribution in [0.4, 0.5) is 0 Å². The quantitative estimate of drug-likeness (QED) is 0.0812. The number of carboxylic acid groups (broad SMARTS) is 1. The zero-order valence-electron chi connectivity index (χ0n) is 40.8. The first kappa shape index (κ1) is 57.3. The van der Waals surface area contributed by atoms with Crippen LogP contribution in [-0.4, -0.2) is 95.1 Å². The molecule has 0 fully saturated rings. The number of para-hydroxylation sites is 4. The first-order chi connectivity index (χ1) is 36.6. The van der Waals surface area contributed by atoms with E-state index in [2.05, 4.69) is 24.0 Å². The summed E-state index contributed by atoms with van der Waals surface area (Å²) in [5, 5.41) is 20.8. The Morgan fingerprint density at radius 1 is 0.474 bits per heavy atom. The Hall–Kier alpha value is -9.65. The summed E-state index contributed by atoms with van der Waals surface area (Å²) in [6.07, 6.45) is 1.41. The molecule has 19 nitrogen and oxygen atoms in total. The van der Waals surface area contributed by atoms with Crippen molar-refractivity contribution in [2.45, 2.75) is 27.2 Å². The number of esters is 1. The maximum Gasteiger partial charge on any atom is 0.394 e. The number of pyridine rings is 6. The fourth-order valence-electron chi connectivity index (χ4n) is 7.49. The van der Waals surface area contributed by atoms with Gasteiger partial charge in [-0.05, 0) is 98.6 Å². The molecule has 6 aromatic heterocycles. The minimum absolute atomic E-state index is 0.210. The zero-order chi connectivity index (χ0) is 55.2. The molecule has 0 radical (unpaired) electrons. The van der Waals surface area contributed by atoms with E-state index in [1.54, 1.807) is 44.2 Å². The van der Waals surface area contributed by atoms with E-state index in [4.69, 9.17) is 71.5 Å². The molecule has 20 heteroatoms. The second-order valence-electron chi connectivity index (χ2n) is 15.3. The van der Waals surface area contributed by atoms with Crippen molar-refractivity contribution in [3.05, 3.63) is 180 Å². The van der Waals surface area contributed by atoms with Crippen LogP contribution < -0.4 is 0 Å². The van der Waals surface area contributed by atoms with Crippen molar-refractivity contribution in [1.29, 1.82) is 0 Å². The average Bonchev–Trinajstić information content (AvgIpc) is 3.42. The number of hydrogen-bond donors (Lipinski definition) is 4. The van der Waals surface area contributed by atoms with Crippen LogP contribution in [0.1, 0.15) is 47.1 Å². The molecule has 4 aromatic carbocycles. The average molecular weight is 1040 g/mol. The summed E-state index contributed by atoms with van der Waals surface area (Å²) < 4.78 is 36.9. The lowest BCUT2D eigenvalue weighted by Crippen LogP contribution is -2.06.